The van der Waals surface area contributed by atoms with Gasteiger partial charge in [0.1, 0.15) is 5.75 Å². The summed E-state index contributed by atoms with van der Waals surface area (Å²) in [7, 11) is 1.34. The average molecular weight is 292 g/mol. The molecule has 4 nitrogen and oxygen atoms in total. The van der Waals surface area contributed by atoms with Gasteiger partial charge in [-0.3, -0.25) is 0 Å². The number of hydrogen-bond donors (Lipinski definition) is 2. The van der Waals surface area contributed by atoms with Gasteiger partial charge in [-0.25, -0.2) is 4.79 Å². The minimum atomic E-state index is -0.390. The molecule has 20 heavy (non-hydrogen) atoms. The number of halogens is 1. The second kappa shape index (κ2) is 6.30. The van der Waals surface area contributed by atoms with E-state index in [1.54, 1.807) is 36.4 Å². The highest BCUT2D eigenvalue weighted by Gasteiger charge is 2.07. The summed E-state index contributed by atoms with van der Waals surface area (Å²) >= 11 is 5.84. The average Bonchev–Trinajstić information content (AvgIpc) is 2.48. The van der Waals surface area contributed by atoms with Crippen LogP contribution in [0.3, 0.4) is 0 Å². The van der Waals surface area contributed by atoms with Crippen LogP contribution in [0.4, 0.5) is 5.69 Å². The maximum atomic E-state index is 11.4. The zero-order chi connectivity index (χ0) is 14.5. The fourth-order valence-corrected chi connectivity index (χ4v) is 1.97. The predicted octanol–water partition coefficient (Wildman–Crippen LogP) is 3.44. The van der Waals surface area contributed by atoms with Crippen molar-refractivity contribution in [1.82, 2.24) is 0 Å². The standard InChI is InChI=1S/C15H14ClNO3/c1-20-15(19)10-4-2-6-12(8-10)17-9-11-5-3-7-13(16)14(11)18/h2-8,17-18H,9H2,1H3. The summed E-state index contributed by atoms with van der Waals surface area (Å²) in [5.74, 6) is -0.329. The van der Waals surface area contributed by atoms with Crippen LogP contribution >= 0.6 is 11.6 Å². The minimum absolute atomic E-state index is 0.0609. The van der Waals surface area contributed by atoms with Gasteiger partial charge >= 0.3 is 5.97 Å². The molecule has 0 bridgehead atoms. The van der Waals surface area contributed by atoms with Crippen molar-refractivity contribution in [3.05, 3.63) is 58.6 Å². The molecule has 0 aliphatic rings. The number of nitrogens with one attached hydrogen (secondary N) is 1. The minimum Gasteiger partial charge on any atom is -0.506 e. The van der Waals surface area contributed by atoms with Gasteiger partial charge in [0.15, 0.2) is 0 Å². The quantitative estimate of drug-likeness (QED) is 0.847. The Balaban J connectivity index is 2.11. The van der Waals surface area contributed by atoms with Crippen molar-refractivity contribution in [3.63, 3.8) is 0 Å². The lowest BCUT2D eigenvalue weighted by atomic mass is 10.1. The first kappa shape index (κ1) is 14.2. The molecule has 0 amide bonds. The zero-order valence-electron chi connectivity index (χ0n) is 10.9. The Labute approximate surface area is 122 Å². The molecular formula is C15H14ClNO3. The van der Waals surface area contributed by atoms with Crippen LogP contribution in [0.15, 0.2) is 42.5 Å². The third-order valence-corrected chi connectivity index (χ3v) is 3.14. The number of phenols is 1. The monoisotopic (exact) mass is 291 g/mol. The summed E-state index contributed by atoms with van der Waals surface area (Å²) in [5.41, 5.74) is 1.90. The van der Waals surface area contributed by atoms with Gasteiger partial charge in [-0.1, -0.05) is 29.8 Å². The van der Waals surface area contributed by atoms with Crippen molar-refractivity contribution in [2.45, 2.75) is 6.54 Å². The van der Waals surface area contributed by atoms with Gasteiger partial charge in [0.25, 0.3) is 0 Å². The molecule has 0 atom stereocenters. The molecule has 0 heterocycles. The third-order valence-electron chi connectivity index (χ3n) is 2.84. The highest BCUT2D eigenvalue weighted by atomic mass is 35.5. The molecule has 5 heteroatoms. The van der Waals surface area contributed by atoms with E-state index in [1.165, 1.54) is 7.11 Å². The van der Waals surface area contributed by atoms with Gasteiger partial charge in [-0.2, -0.15) is 0 Å². The van der Waals surface area contributed by atoms with E-state index in [4.69, 9.17) is 11.6 Å². The lowest BCUT2D eigenvalue weighted by Crippen LogP contribution is -2.04. The largest absolute Gasteiger partial charge is 0.506 e. The van der Waals surface area contributed by atoms with Crippen LogP contribution in [0.5, 0.6) is 5.75 Å². The van der Waals surface area contributed by atoms with Gasteiger partial charge in [-0.05, 0) is 24.3 Å². The van der Waals surface area contributed by atoms with E-state index in [0.29, 0.717) is 22.7 Å². The fourth-order valence-electron chi connectivity index (χ4n) is 1.77. The van der Waals surface area contributed by atoms with Crippen molar-refractivity contribution in [1.29, 1.82) is 0 Å². The first-order valence-electron chi connectivity index (χ1n) is 6.00. The third kappa shape index (κ3) is 3.22. The number of esters is 1. The molecule has 2 N–H and O–H groups in total. The molecule has 2 aromatic carbocycles. The molecule has 0 aromatic heterocycles. The summed E-state index contributed by atoms with van der Waals surface area (Å²) < 4.78 is 4.66. The molecule has 2 rings (SSSR count). The van der Waals surface area contributed by atoms with Crippen LogP contribution in [-0.4, -0.2) is 18.2 Å². The Morgan fingerprint density at radius 1 is 1.30 bits per heavy atom. The Morgan fingerprint density at radius 2 is 2.05 bits per heavy atom. The van der Waals surface area contributed by atoms with Gasteiger partial charge < -0.3 is 15.2 Å². The number of anilines is 1. The number of carbonyl (C=O) groups is 1. The van der Waals surface area contributed by atoms with Crippen LogP contribution in [0.2, 0.25) is 5.02 Å². The maximum Gasteiger partial charge on any atom is 0.337 e. The lowest BCUT2D eigenvalue weighted by molar-refractivity contribution is 0.0601. The topological polar surface area (TPSA) is 58.6 Å². The molecule has 0 spiro atoms. The van der Waals surface area contributed by atoms with E-state index < -0.39 is 0 Å². The number of ether oxygens (including phenoxy) is 1. The molecule has 0 radical (unpaired) electrons. The van der Waals surface area contributed by atoms with E-state index in [0.717, 1.165) is 5.69 Å². The van der Waals surface area contributed by atoms with Crippen molar-refractivity contribution in [2.24, 2.45) is 0 Å². The Hall–Kier alpha value is -2.20. The van der Waals surface area contributed by atoms with Crippen molar-refractivity contribution < 1.29 is 14.6 Å². The lowest BCUT2D eigenvalue weighted by Gasteiger charge is -2.10. The Kier molecular flexibility index (Phi) is 4.48. The maximum absolute atomic E-state index is 11.4. The summed E-state index contributed by atoms with van der Waals surface area (Å²) in [5, 5.41) is 13.2. The van der Waals surface area contributed by atoms with Crippen LogP contribution < -0.4 is 5.32 Å². The number of hydrogen-bond acceptors (Lipinski definition) is 4. The highest BCUT2D eigenvalue weighted by Crippen LogP contribution is 2.27. The first-order valence-corrected chi connectivity index (χ1v) is 6.38. The number of phenolic OH excluding ortho intramolecular Hbond substituents is 1. The molecule has 0 unspecified atom stereocenters. The molecule has 0 saturated carbocycles. The van der Waals surface area contributed by atoms with Gasteiger partial charge in [0.2, 0.25) is 0 Å². The predicted molar refractivity (Wildman–Crippen MR) is 78.2 cm³/mol. The van der Waals surface area contributed by atoms with E-state index >= 15 is 0 Å². The van der Waals surface area contributed by atoms with Crippen LogP contribution in [0, 0.1) is 0 Å². The molecule has 0 aliphatic heterocycles. The number of rotatable bonds is 4. The molecule has 104 valence electrons. The number of aromatic hydroxyl groups is 1. The number of methoxy groups -OCH3 is 1. The number of para-hydroxylation sites is 1. The molecule has 0 fully saturated rings. The molecular weight excluding hydrogens is 278 g/mol. The number of benzene rings is 2. The van der Waals surface area contributed by atoms with Crippen LogP contribution in [0.1, 0.15) is 15.9 Å². The molecule has 0 saturated heterocycles. The first-order chi connectivity index (χ1) is 9.61. The van der Waals surface area contributed by atoms with Crippen molar-refractivity contribution in [2.75, 3.05) is 12.4 Å². The van der Waals surface area contributed by atoms with E-state index in [1.807, 2.05) is 6.07 Å². The fraction of sp³-hybridized carbons (Fsp3) is 0.133. The van der Waals surface area contributed by atoms with Crippen molar-refractivity contribution >= 4 is 23.3 Å². The van der Waals surface area contributed by atoms with Crippen LogP contribution in [-0.2, 0) is 11.3 Å². The van der Waals surface area contributed by atoms with Gasteiger partial charge in [-0.15, -0.1) is 0 Å². The van der Waals surface area contributed by atoms with Crippen molar-refractivity contribution in [3.8, 4) is 5.75 Å². The number of carbonyl (C=O) groups excluding carboxylic acids is 1. The normalized spacial score (nSPS) is 10.1. The van der Waals surface area contributed by atoms with E-state index in [2.05, 4.69) is 10.1 Å². The summed E-state index contributed by atoms with van der Waals surface area (Å²) in [6.07, 6.45) is 0. The smallest absolute Gasteiger partial charge is 0.337 e. The van der Waals surface area contributed by atoms with E-state index in [-0.39, 0.29) is 11.7 Å². The summed E-state index contributed by atoms with van der Waals surface area (Å²) in [6, 6.07) is 12.1. The molecule has 2 aromatic rings. The van der Waals surface area contributed by atoms with E-state index in [9.17, 15) is 9.90 Å². The Morgan fingerprint density at radius 3 is 2.80 bits per heavy atom. The summed E-state index contributed by atoms with van der Waals surface area (Å²) in [6.45, 7) is 0.400. The van der Waals surface area contributed by atoms with Gasteiger partial charge in [0.05, 0.1) is 17.7 Å². The summed E-state index contributed by atoms with van der Waals surface area (Å²) in [4.78, 5) is 11.4. The second-order valence-corrected chi connectivity index (χ2v) is 4.58. The zero-order valence-corrected chi connectivity index (χ0v) is 11.6. The van der Waals surface area contributed by atoms with Gasteiger partial charge in [0, 0.05) is 17.8 Å². The Bertz CT molecular complexity index is 628. The molecule has 0 aliphatic carbocycles. The second-order valence-electron chi connectivity index (χ2n) is 4.17. The van der Waals surface area contributed by atoms with Crippen LogP contribution in [0.25, 0.3) is 0 Å². The SMILES string of the molecule is COC(=O)c1cccc(NCc2cccc(Cl)c2O)c1. The highest BCUT2D eigenvalue weighted by molar-refractivity contribution is 6.32.